The predicted octanol–water partition coefficient (Wildman–Crippen LogP) is 1.20. The Balaban J connectivity index is 2.56. The second kappa shape index (κ2) is 6.85. The lowest BCUT2D eigenvalue weighted by atomic mass is 10.1. The smallest absolute Gasteiger partial charge is 0.410 e. The standard InChI is InChI=1S/C10H16BrNO4/c1-2-16-10(14)12-3-4-15-7-8(12)5-9(13)6-11/h8H,2-7H2,1H3. The molecule has 1 heterocycles. The Bertz CT molecular complexity index is 259. The van der Waals surface area contributed by atoms with Crippen LogP contribution in [0.1, 0.15) is 13.3 Å². The van der Waals surface area contributed by atoms with Crippen molar-refractivity contribution >= 4 is 27.8 Å². The minimum absolute atomic E-state index is 0.0600. The summed E-state index contributed by atoms with van der Waals surface area (Å²) in [5.41, 5.74) is 0. The molecule has 0 N–H and O–H groups in total. The van der Waals surface area contributed by atoms with Crippen molar-refractivity contribution in [3.05, 3.63) is 0 Å². The number of Topliss-reactive ketones (excluding diaryl/α,β-unsaturated/α-hetero) is 1. The van der Waals surface area contributed by atoms with Gasteiger partial charge in [-0.05, 0) is 6.92 Å². The highest BCUT2D eigenvalue weighted by atomic mass is 79.9. The molecule has 1 amide bonds. The minimum atomic E-state index is -0.363. The molecule has 0 aromatic carbocycles. The molecule has 0 aliphatic carbocycles. The predicted molar refractivity (Wildman–Crippen MR) is 61.8 cm³/mol. The first-order valence-corrected chi connectivity index (χ1v) is 6.40. The highest BCUT2D eigenvalue weighted by molar-refractivity contribution is 9.09. The SMILES string of the molecule is CCOC(=O)N1CCOCC1CC(=O)CBr. The number of hydrogen-bond donors (Lipinski definition) is 0. The average molecular weight is 294 g/mol. The molecule has 0 saturated carbocycles. The van der Waals surface area contributed by atoms with E-state index in [-0.39, 0.29) is 17.9 Å². The second-order valence-electron chi connectivity index (χ2n) is 3.50. The van der Waals surface area contributed by atoms with Crippen molar-refractivity contribution in [1.82, 2.24) is 4.90 Å². The van der Waals surface area contributed by atoms with Crippen LogP contribution in [0.2, 0.25) is 0 Å². The lowest BCUT2D eigenvalue weighted by Gasteiger charge is -2.34. The fourth-order valence-electron chi connectivity index (χ4n) is 1.59. The van der Waals surface area contributed by atoms with Gasteiger partial charge >= 0.3 is 6.09 Å². The van der Waals surface area contributed by atoms with Crippen LogP contribution in [0, 0.1) is 0 Å². The number of carbonyl (C=O) groups excluding carboxylic acids is 2. The molecule has 1 aliphatic heterocycles. The second-order valence-corrected chi connectivity index (χ2v) is 4.06. The lowest BCUT2D eigenvalue weighted by molar-refractivity contribution is -0.119. The van der Waals surface area contributed by atoms with Gasteiger partial charge in [0.15, 0.2) is 0 Å². The fourth-order valence-corrected chi connectivity index (χ4v) is 1.82. The number of halogens is 1. The first-order chi connectivity index (χ1) is 7.69. The van der Waals surface area contributed by atoms with Gasteiger partial charge in [0, 0.05) is 13.0 Å². The van der Waals surface area contributed by atoms with E-state index < -0.39 is 0 Å². The Hall–Kier alpha value is -0.620. The summed E-state index contributed by atoms with van der Waals surface area (Å²) in [5, 5.41) is 0.306. The number of morpholine rings is 1. The van der Waals surface area contributed by atoms with Gasteiger partial charge in [-0.1, -0.05) is 15.9 Å². The maximum Gasteiger partial charge on any atom is 0.410 e. The molecule has 1 unspecified atom stereocenters. The largest absolute Gasteiger partial charge is 0.450 e. The van der Waals surface area contributed by atoms with Crippen LogP contribution in [0.5, 0.6) is 0 Å². The molecule has 1 saturated heterocycles. The van der Waals surface area contributed by atoms with E-state index in [0.29, 0.717) is 38.1 Å². The van der Waals surface area contributed by atoms with Gasteiger partial charge in [0.05, 0.1) is 31.2 Å². The van der Waals surface area contributed by atoms with Crippen LogP contribution in [0.4, 0.5) is 4.79 Å². The molecule has 0 bridgehead atoms. The van der Waals surface area contributed by atoms with E-state index in [1.165, 1.54) is 0 Å². The third-order valence-electron chi connectivity index (χ3n) is 2.34. The molecule has 1 aliphatic rings. The van der Waals surface area contributed by atoms with E-state index >= 15 is 0 Å². The van der Waals surface area contributed by atoms with Gasteiger partial charge in [0.25, 0.3) is 0 Å². The van der Waals surface area contributed by atoms with Gasteiger partial charge in [0.1, 0.15) is 5.78 Å². The summed E-state index contributed by atoms with van der Waals surface area (Å²) in [6.07, 6.45) is -0.0532. The molecule has 92 valence electrons. The Morgan fingerprint density at radius 3 is 2.94 bits per heavy atom. The number of nitrogens with zero attached hydrogens (tertiary/aromatic N) is 1. The Kier molecular flexibility index (Phi) is 5.76. The first-order valence-electron chi connectivity index (χ1n) is 5.27. The van der Waals surface area contributed by atoms with Crippen LogP contribution in [-0.2, 0) is 14.3 Å². The maximum atomic E-state index is 11.6. The van der Waals surface area contributed by atoms with E-state index in [0.717, 1.165) is 0 Å². The summed E-state index contributed by atoms with van der Waals surface area (Å²) in [4.78, 5) is 24.5. The van der Waals surface area contributed by atoms with Gasteiger partial charge in [-0.3, -0.25) is 4.79 Å². The van der Waals surface area contributed by atoms with Gasteiger partial charge < -0.3 is 14.4 Å². The number of rotatable bonds is 4. The number of ketones is 1. The van der Waals surface area contributed by atoms with Gasteiger partial charge in [0.2, 0.25) is 0 Å². The Morgan fingerprint density at radius 2 is 2.31 bits per heavy atom. The summed E-state index contributed by atoms with van der Waals surface area (Å²) in [6.45, 7) is 3.49. The van der Waals surface area contributed by atoms with E-state index in [4.69, 9.17) is 9.47 Å². The van der Waals surface area contributed by atoms with Crippen molar-refractivity contribution in [1.29, 1.82) is 0 Å². The highest BCUT2D eigenvalue weighted by Gasteiger charge is 2.29. The van der Waals surface area contributed by atoms with E-state index in [1.54, 1.807) is 11.8 Å². The van der Waals surface area contributed by atoms with E-state index in [2.05, 4.69) is 15.9 Å². The molecule has 0 aromatic rings. The number of alkyl halides is 1. The Morgan fingerprint density at radius 1 is 1.56 bits per heavy atom. The van der Waals surface area contributed by atoms with Crippen LogP contribution in [0.3, 0.4) is 0 Å². The summed E-state index contributed by atoms with van der Waals surface area (Å²) in [7, 11) is 0. The molecule has 5 nitrogen and oxygen atoms in total. The van der Waals surface area contributed by atoms with Crippen LogP contribution < -0.4 is 0 Å². The van der Waals surface area contributed by atoms with Crippen molar-refractivity contribution in [3.8, 4) is 0 Å². The van der Waals surface area contributed by atoms with Crippen molar-refractivity contribution < 1.29 is 19.1 Å². The van der Waals surface area contributed by atoms with Gasteiger partial charge in [-0.2, -0.15) is 0 Å². The summed E-state index contributed by atoms with van der Waals surface area (Å²) >= 11 is 3.10. The fraction of sp³-hybridized carbons (Fsp3) is 0.800. The van der Waals surface area contributed by atoms with Crippen LogP contribution in [0.15, 0.2) is 0 Å². The molecule has 0 spiro atoms. The van der Waals surface area contributed by atoms with Gasteiger partial charge in [-0.25, -0.2) is 4.79 Å². The topological polar surface area (TPSA) is 55.8 Å². The monoisotopic (exact) mass is 293 g/mol. The van der Waals surface area contributed by atoms with Crippen LogP contribution in [0.25, 0.3) is 0 Å². The van der Waals surface area contributed by atoms with Crippen molar-refractivity contribution in [2.75, 3.05) is 31.7 Å². The number of hydrogen-bond acceptors (Lipinski definition) is 4. The van der Waals surface area contributed by atoms with Gasteiger partial charge in [-0.15, -0.1) is 0 Å². The van der Waals surface area contributed by atoms with E-state index in [9.17, 15) is 9.59 Å². The molecule has 1 rings (SSSR count). The number of ether oxygens (including phenoxy) is 2. The average Bonchev–Trinajstić information content (AvgIpc) is 2.30. The third kappa shape index (κ3) is 3.75. The van der Waals surface area contributed by atoms with Crippen molar-refractivity contribution in [2.24, 2.45) is 0 Å². The van der Waals surface area contributed by atoms with Crippen molar-refractivity contribution in [3.63, 3.8) is 0 Å². The first kappa shape index (κ1) is 13.4. The number of amides is 1. The molecule has 0 radical (unpaired) electrons. The molecule has 1 atom stereocenters. The Labute approximate surface area is 103 Å². The van der Waals surface area contributed by atoms with Crippen LogP contribution in [-0.4, -0.2) is 54.5 Å². The quantitative estimate of drug-likeness (QED) is 0.731. The zero-order valence-electron chi connectivity index (χ0n) is 9.28. The van der Waals surface area contributed by atoms with E-state index in [1.807, 2.05) is 0 Å². The molecule has 1 fully saturated rings. The van der Waals surface area contributed by atoms with Crippen molar-refractivity contribution in [2.45, 2.75) is 19.4 Å². The molecular weight excluding hydrogens is 278 g/mol. The summed E-state index contributed by atoms with van der Waals surface area (Å²) < 4.78 is 10.2. The zero-order valence-corrected chi connectivity index (χ0v) is 10.9. The summed E-state index contributed by atoms with van der Waals surface area (Å²) in [5.74, 6) is 0.0600. The molecule has 0 aromatic heterocycles. The normalized spacial score (nSPS) is 20.6. The third-order valence-corrected chi connectivity index (χ3v) is 2.97. The zero-order chi connectivity index (χ0) is 12.0. The number of carbonyl (C=O) groups is 2. The van der Waals surface area contributed by atoms with Crippen LogP contribution >= 0.6 is 15.9 Å². The minimum Gasteiger partial charge on any atom is -0.450 e. The maximum absolute atomic E-state index is 11.6. The highest BCUT2D eigenvalue weighted by Crippen LogP contribution is 2.13. The molecular formula is C10H16BrNO4. The summed E-state index contributed by atoms with van der Waals surface area (Å²) in [6, 6.07) is -0.196. The molecule has 16 heavy (non-hydrogen) atoms. The lowest BCUT2D eigenvalue weighted by Crippen LogP contribution is -2.49. The molecule has 6 heteroatoms.